The number of aromatic nitrogens is 2. The largest absolute Gasteiger partial charge is 0.345 e. The molecule has 0 saturated heterocycles. The van der Waals surface area contributed by atoms with Crippen LogP contribution in [0.4, 0.5) is 5.69 Å². The number of hydrogen-bond donors (Lipinski definition) is 1. The van der Waals surface area contributed by atoms with Crippen LogP contribution in [0.3, 0.4) is 0 Å². The molecule has 5 nitrogen and oxygen atoms in total. The standard InChI is InChI=1S/C19H23Cl2N3O2S/c1-5-6-10-16(27-11-13-14(20)8-7-9-15(13)21)22-17-12(2)23(3)19(26)24(4)18(17)25/h7-10,22H,5-6,11H2,1-4H3/b16-10-. The van der Waals surface area contributed by atoms with E-state index in [1.165, 1.54) is 23.4 Å². The second-order valence-corrected chi connectivity index (χ2v) is 7.97. The van der Waals surface area contributed by atoms with Crippen molar-refractivity contribution in [3.05, 3.63) is 71.4 Å². The van der Waals surface area contributed by atoms with Gasteiger partial charge < -0.3 is 5.32 Å². The van der Waals surface area contributed by atoms with Crippen molar-refractivity contribution in [2.45, 2.75) is 32.4 Å². The van der Waals surface area contributed by atoms with Gasteiger partial charge in [-0.15, -0.1) is 11.8 Å². The van der Waals surface area contributed by atoms with E-state index in [1.807, 2.05) is 12.1 Å². The number of hydrogen-bond acceptors (Lipinski definition) is 4. The van der Waals surface area contributed by atoms with Crippen LogP contribution in [-0.2, 0) is 19.8 Å². The number of allylic oxidation sites excluding steroid dienone is 1. The summed E-state index contributed by atoms with van der Waals surface area (Å²) >= 11 is 14.0. The summed E-state index contributed by atoms with van der Waals surface area (Å²) in [6.07, 6.45) is 3.87. The number of halogens is 2. The summed E-state index contributed by atoms with van der Waals surface area (Å²) in [4.78, 5) is 24.6. The molecule has 0 aliphatic heterocycles. The van der Waals surface area contributed by atoms with Gasteiger partial charge in [-0.25, -0.2) is 4.79 Å². The van der Waals surface area contributed by atoms with Gasteiger partial charge >= 0.3 is 5.69 Å². The van der Waals surface area contributed by atoms with Gasteiger partial charge in [-0.2, -0.15) is 0 Å². The van der Waals surface area contributed by atoms with Gasteiger partial charge in [0.25, 0.3) is 5.56 Å². The zero-order chi connectivity index (χ0) is 20.1. The summed E-state index contributed by atoms with van der Waals surface area (Å²) in [5, 5.41) is 5.26. The van der Waals surface area contributed by atoms with E-state index < -0.39 is 0 Å². The maximum absolute atomic E-state index is 12.6. The molecule has 0 aliphatic rings. The van der Waals surface area contributed by atoms with Crippen LogP contribution in [0.1, 0.15) is 31.0 Å². The molecule has 146 valence electrons. The molecular formula is C19H23Cl2N3O2S. The van der Waals surface area contributed by atoms with Crippen LogP contribution in [0.25, 0.3) is 0 Å². The van der Waals surface area contributed by atoms with Crippen LogP contribution in [0.2, 0.25) is 10.0 Å². The Kier molecular flexibility index (Phi) is 7.65. The van der Waals surface area contributed by atoms with Gasteiger partial charge in [0, 0.05) is 35.6 Å². The van der Waals surface area contributed by atoms with Crippen molar-refractivity contribution in [2.24, 2.45) is 14.1 Å². The summed E-state index contributed by atoms with van der Waals surface area (Å²) in [7, 11) is 3.12. The Morgan fingerprint density at radius 2 is 1.81 bits per heavy atom. The van der Waals surface area contributed by atoms with Crippen molar-refractivity contribution in [2.75, 3.05) is 5.32 Å². The second-order valence-electron chi connectivity index (χ2n) is 6.14. The molecule has 0 amide bonds. The van der Waals surface area contributed by atoms with E-state index in [9.17, 15) is 9.59 Å². The van der Waals surface area contributed by atoms with Gasteiger partial charge in [-0.05, 0) is 31.0 Å². The first-order chi connectivity index (χ1) is 12.8. The highest BCUT2D eigenvalue weighted by Crippen LogP contribution is 2.31. The maximum Gasteiger partial charge on any atom is 0.330 e. The fourth-order valence-corrected chi connectivity index (χ4v) is 4.16. The third kappa shape index (κ3) is 5.00. The summed E-state index contributed by atoms with van der Waals surface area (Å²) in [5.41, 5.74) is 1.12. The lowest BCUT2D eigenvalue weighted by Crippen LogP contribution is -2.39. The van der Waals surface area contributed by atoms with Crippen LogP contribution in [0.5, 0.6) is 0 Å². The fraction of sp³-hybridized carbons (Fsp3) is 0.368. The minimum atomic E-state index is -0.352. The molecule has 27 heavy (non-hydrogen) atoms. The number of nitrogens with one attached hydrogen (secondary N) is 1. The van der Waals surface area contributed by atoms with Gasteiger partial charge in [0.1, 0.15) is 5.69 Å². The number of unbranched alkanes of at least 4 members (excludes halogenated alkanes) is 1. The minimum absolute atomic E-state index is 0.349. The molecule has 0 unspecified atom stereocenters. The number of thioether (sulfide) groups is 1. The van der Waals surface area contributed by atoms with Crippen molar-refractivity contribution < 1.29 is 0 Å². The Morgan fingerprint density at radius 1 is 1.19 bits per heavy atom. The van der Waals surface area contributed by atoms with Crippen LogP contribution in [-0.4, -0.2) is 9.13 Å². The highest BCUT2D eigenvalue weighted by Gasteiger charge is 2.14. The molecule has 0 atom stereocenters. The van der Waals surface area contributed by atoms with E-state index in [4.69, 9.17) is 23.2 Å². The monoisotopic (exact) mass is 427 g/mol. The maximum atomic E-state index is 12.6. The van der Waals surface area contributed by atoms with Gasteiger partial charge in [-0.1, -0.05) is 48.7 Å². The third-order valence-electron chi connectivity index (χ3n) is 4.26. The van der Waals surface area contributed by atoms with Crippen molar-refractivity contribution in [1.29, 1.82) is 0 Å². The van der Waals surface area contributed by atoms with Crippen molar-refractivity contribution in [1.82, 2.24) is 9.13 Å². The first-order valence-electron chi connectivity index (χ1n) is 8.57. The molecule has 0 bridgehead atoms. The first-order valence-corrected chi connectivity index (χ1v) is 10.3. The summed E-state index contributed by atoms with van der Waals surface area (Å²) in [6.45, 7) is 3.83. The molecule has 0 aliphatic carbocycles. The van der Waals surface area contributed by atoms with Crippen LogP contribution < -0.4 is 16.6 Å². The van der Waals surface area contributed by atoms with E-state index >= 15 is 0 Å². The fourth-order valence-electron chi connectivity index (χ4n) is 2.45. The zero-order valence-corrected chi connectivity index (χ0v) is 18.1. The predicted molar refractivity (Wildman–Crippen MR) is 116 cm³/mol. The summed E-state index contributed by atoms with van der Waals surface area (Å²) in [6, 6.07) is 5.42. The highest BCUT2D eigenvalue weighted by molar-refractivity contribution is 8.02. The molecule has 1 heterocycles. The van der Waals surface area contributed by atoms with E-state index in [0.717, 1.165) is 28.0 Å². The second kappa shape index (κ2) is 9.53. The molecule has 0 fully saturated rings. The molecule has 0 radical (unpaired) electrons. The molecule has 1 aromatic carbocycles. The topological polar surface area (TPSA) is 56.0 Å². The number of rotatable bonds is 7. The third-order valence-corrected chi connectivity index (χ3v) is 5.98. The lowest BCUT2D eigenvalue weighted by atomic mass is 10.2. The SMILES string of the molecule is CCC/C=C(/Nc1c(C)n(C)c(=O)n(C)c1=O)SCc1c(Cl)cccc1Cl. The van der Waals surface area contributed by atoms with Crippen LogP contribution in [0, 0.1) is 6.92 Å². The Morgan fingerprint density at radius 3 is 2.41 bits per heavy atom. The Labute approximate surface area is 173 Å². The lowest BCUT2D eigenvalue weighted by molar-refractivity contribution is 0.671. The average Bonchev–Trinajstić information content (AvgIpc) is 2.65. The molecule has 1 N–H and O–H groups in total. The van der Waals surface area contributed by atoms with Gasteiger partial charge in [-0.3, -0.25) is 13.9 Å². The molecule has 8 heteroatoms. The molecule has 2 rings (SSSR count). The van der Waals surface area contributed by atoms with Crippen molar-refractivity contribution in [3.63, 3.8) is 0 Å². The number of anilines is 1. The van der Waals surface area contributed by atoms with Gasteiger partial charge in [0.05, 0.1) is 5.03 Å². The summed E-state index contributed by atoms with van der Waals surface area (Å²) < 4.78 is 2.55. The normalized spacial score (nSPS) is 11.7. The lowest BCUT2D eigenvalue weighted by Gasteiger charge is -2.16. The first kappa shape index (κ1) is 21.7. The minimum Gasteiger partial charge on any atom is -0.345 e. The van der Waals surface area contributed by atoms with Gasteiger partial charge in [0.2, 0.25) is 0 Å². The van der Waals surface area contributed by atoms with Gasteiger partial charge in [0.15, 0.2) is 0 Å². The van der Waals surface area contributed by atoms with Crippen molar-refractivity contribution in [3.8, 4) is 0 Å². The van der Waals surface area contributed by atoms with E-state index in [1.54, 1.807) is 26.1 Å². The molecule has 0 spiro atoms. The van der Waals surface area contributed by atoms with Crippen molar-refractivity contribution >= 4 is 40.7 Å². The van der Waals surface area contributed by atoms with E-state index in [0.29, 0.717) is 27.2 Å². The Bertz CT molecular complexity index is 960. The Hall–Kier alpha value is -1.63. The molecular weight excluding hydrogens is 405 g/mol. The van der Waals surface area contributed by atoms with Crippen LogP contribution in [0.15, 0.2) is 38.9 Å². The van der Waals surface area contributed by atoms with Crippen LogP contribution >= 0.6 is 35.0 Å². The molecule has 1 aromatic heterocycles. The zero-order valence-electron chi connectivity index (χ0n) is 15.8. The molecule has 0 saturated carbocycles. The van der Waals surface area contributed by atoms with E-state index in [2.05, 4.69) is 12.2 Å². The predicted octanol–water partition coefficient (Wildman–Crippen LogP) is 4.69. The smallest absolute Gasteiger partial charge is 0.330 e. The quantitative estimate of drug-likeness (QED) is 0.696. The average molecular weight is 428 g/mol. The summed E-state index contributed by atoms with van der Waals surface area (Å²) in [5.74, 6) is 0.562. The Balaban J connectivity index is 2.34. The molecule has 2 aromatic rings. The highest BCUT2D eigenvalue weighted by atomic mass is 35.5. The van der Waals surface area contributed by atoms with E-state index in [-0.39, 0.29) is 11.2 Å². The number of nitrogens with zero attached hydrogens (tertiary/aromatic N) is 2. The number of benzene rings is 1.